The summed E-state index contributed by atoms with van der Waals surface area (Å²) in [7, 11) is 1.33. The third-order valence-corrected chi connectivity index (χ3v) is 3.30. The second-order valence-corrected chi connectivity index (χ2v) is 6.68. The number of amides is 1. The highest BCUT2D eigenvalue weighted by Gasteiger charge is 2.15. The molecular weight excluding hydrogens is 344 g/mol. The Hall–Kier alpha value is -3.33. The summed E-state index contributed by atoms with van der Waals surface area (Å²) in [5.41, 5.74) is 1.79. The number of methoxy groups -OCH3 is 1. The fourth-order valence-corrected chi connectivity index (χ4v) is 2.15. The number of carbonyl (C=O) groups is 2. The van der Waals surface area contributed by atoms with Crippen LogP contribution < -0.4 is 5.32 Å². The fourth-order valence-electron chi connectivity index (χ4n) is 2.15. The van der Waals surface area contributed by atoms with E-state index in [0.29, 0.717) is 22.4 Å². The van der Waals surface area contributed by atoms with Crippen molar-refractivity contribution < 1.29 is 19.1 Å². The molecule has 1 N–H and O–H groups in total. The van der Waals surface area contributed by atoms with Crippen LogP contribution in [0.15, 0.2) is 42.6 Å². The summed E-state index contributed by atoms with van der Waals surface area (Å²) >= 11 is 0. The number of ether oxygens (including phenoxy) is 2. The number of benzene rings is 1. The van der Waals surface area contributed by atoms with Crippen molar-refractivity contribution in [3.05, 3.63) is 65.0 Å². The highest BCUT2D eigenvalue weighted by molar-refractivity contribution is 5.92. The maximum atomic E-state index is 11.8. The van der Waals surface area contributed by atoms with Gasteiger partial charge in [-0.25, -0.2) is 9.59 Å². The van der Waals surface area contributed by atoms with E-state index in [-0.39, 0.29) is 6.54 Å². The number of rotatable bonds is 3. The van der Waals surface area contributed by atoms with Crippen LogP contribution in [-0.2, 0) is 16.0 Å². The first-order valence-corrected chi connectivity index (χ1v) is 8.39. The standard InChI is InChI=1S/C21H22N2O4/c1-21(2,3)27-20(25)23-14-17-13-15(11-12-22-17)9-10-16-7-5-6-8-18(16)19(24)26-4/h5-8,11-13H,14H2,1-4H3,(H,23,25). The minimum Gasteiger partial charge on any atom is -0.465 e. The molecule has 1 heterocycles. The quantitative estimate of drug-likeness (QED) is 0.666. The fraction of sp³-hybridized carbons (Fsp3) is 0.286. The summed E-state index contributed by atoms with van der Waals surface area (Å²) in [5, 5.41) is 2.66. The SMILES string of the molecule is COC(=O)c1ccccc1C#Cc1ccnc(CNC(=O)OC(C)(C)C)c1. The second-order valence-electron chi connectivity index (χ2n) is 6.68. The molecule has 0 aliphatic rings. The minimum absolute atomic E-state index is 0.225. The van der Waals surface area contributed by atoms with Crippen molar-refractivity contribution in [2.24, 2.45) is 0 Å². The van der Waals surface area contributed by atoms with Gasteiger partial charge in [0.25, 0.3) is 0 Å². The molecule has 1 aromatic heterocycles. The van der Waals surface area contributed by atoms with Crippen LogP contribution in [-0.4, -0.2) is 29.8 Å². The number of pyridine rings is 1. The Bertz CT molecular complexity index is 889. The largest absolute Gasteiger partial charge is 0.465 e. The summed E-state index contributed by atoms with van der Waals surface area (Å²) in [5.74, 6) is 5.55. The molecule has 0 atom stereocenters. The molecule has 0 aliphatic heterocycles. The third kappa shape index (κ3) is 6.48. The summed E-state index contributed by atoms with van der Waals surface area (Å²) in [6.45, 7) is 5.62. The first kappa shape index (κ1) is 20.0. The van der Waals surface area contributed by atoms with Crippen molar-refractivity contribution in [1.29, 1.82) is 0 Å². The van der Waals surface area contributed by atoms with Crippen LogP contribution in [0.25, 0.3) is 0 Å². The lowest BCUT2D eigenvalue weighted by atomic mass is 10.1. The molecule has 0 unspecified atom stereocenters. The average Bonchev–Trinajstić information content (AvgIpc) is 2.63. The van der Waals surface area contributed by atoms with Gasteiger partial charge in [-0.05, 0) is 45.0 Å². The van der Waals surface area contributed by atoms with Crippen LogP contribution in [0.2, 0.25) is 0 Å². The number of alkyl carbamates (subject to hydrolysis) is 1. The maximum absolute atomic E-state index is 11.8. The molecule has 6 heteroatoms. The summed E-state index contributed by atoms with van der Waals surface area (Å²) in [4.78, 5) is 27.7. The van der Waals surface area contributed by atoms with Gasteiger partial charge in [0.2, 0.25) is 0 Å². The molecule has 6 nitrogen and oxygen atoms in total. The molecule has 0 saturated heterocycles. The van der Waals surface area contributed by atoms with E-state index < -0.39 is 17.7 Å². The van der Waals surface area contributed by atoms with Crippen LogP contribution in [0, 0.1) is 11.8 Å². The molecular formula is C21H22N2O4. The molecule has 2 rings (SSSR count). The van der Waals surface area contributed by atoms with Crippen LogP contribution in [0.3, 0.4) is 0 Å². The van der Waals surface area contributed by atoms with Crippen molar-refractivity contribution in [1.82, 2.24) is 10.3 Å². The number of hydrogen-bond acceptors (Lipinski definition) is 5. The normalized spacial score (nSPS) is 10.4. The first-order chi connectivity index (χ1) is 12.8. The Kier molecular flexibility index (Phi) is 6.56. The first-order valence-electron chi connectivity index (χ1n) is 8.39. The lowest BCUT2D eigenvalue weighted by molar-refractivity contribution is 0.0521. The zero-order chi connectivity index (χ0) is 19.9. The summed E-state index contributed by atoms with van der Waals surface area (Å²) in [6.07, 6.45) is 1.11. The number of hydrogen-bond donors (Lipinski definition) is 1. The van der Waals surface area contributed by atoms with E-state index in [1.54, 1.807) is 63.4 Å². The number of carbonyl (C=O) groups excluding carboxylic acids is 2. The van der Waals surface area contributed by atoms with E-state index in [1.165, 1.54) is 7.11 Å². The van der Waals surface area contributed by atoms with Crippen LogP contribution in [0.5, 0.6) is 0 Å². The van der Waals surface area contributed by atoms with Gasteiger partial charge in [-0.3, -0.25) is 4.98 Å². The average molecular weight is 366 g/mol. The topological polar surface area (TPSA) is 77.5 Å². The van der Waals surface area contributed by atoms with Gasteiger partial charge >= 0.3 is 12.1 Å². The van der Waals surface area contributed by atoms with Gasteiger partial charge in [0.1, 0.15) is 5.60 Å². The third-order valence-electron chi connectivity index (χ3n) is 3.30. The minimum atomic E-state index is -0.558. The van der Waals surface area contributed by atoms with Crippen molar-refractivity contribution >= 4 is 12.1 Å². The van der Waals surface area contributed by atoms with Crippen molar-refractivity contribution in [2.45, 2.75) is 32.9 Å². The Morgan fingerprint density at radius 3 is 2.59 bits per heavy atom. The lowest BCUT2D eigenvalue weighted by Gasteiger charge is -2.19. The predicted octanol–water partition coefficient (Wildman–Crippen LogP) is 3.29. The Labute approximate surface area is 158 Å². The highest BCUT2D eigenvalue weighted by atomic mass is 16.6. The molecule has 27 heavy (non-hydrogen) atoms. The molecule has 0 radical (unpaired) electrons. The molecule has 0 fully saturated rings. The van der Waals surface area contributed by atoms with Gasteiger partial charge in [-0.15, -0.1) is 0 Å². The van der Waals surface area contributed by atoms with Crippen molar-refractivity contribution in [2.75, 3.05) is 7.11 Å². The smallest absolute Gasteiger partial charge is 0.407 e. The highest BCUT2D eigenvalue weighted by Crippen LogP contribution is 2.10. The van der Waals surface area contributed by atoms with E-state index in [1.807, 2.05) is 0 Å². The van der Waals surface area contributed by atoms with Gasteiger partial charge in [0, 0.05) is 17.3 Å². The number of nitrogens with one attached hydrogen (secondary N) is 1. The molecule has 0 bridgehead atoms. The zero-order valence-corrected chi connectivity index (χ0v) is 15.8. The molecule has 140 valence electrons. The lowest BCUT2D eigenvalue weighted by Crippen LogP contribution is -2.32. The van der Waals surface area contributed by atoms with Gasteiger partial charge in [-0.1, -0.05) is 24.0 Å². The Morgan fingerprint density at radius 2 is 1.89 bits per heavy atom. The number of nitrogens with zero attached hydrogens (tertiary/aromatic N) is 1. The predicted molar refractivity (Wildman–Crippen MR) is 101 cm³/mol. The van der Waals surface area contributed by atoms with E-state index >= 15 is 0 Å². The van der Waals surface area contributed by atoms with Crippen LogP contribution >= 0.6 is 0 Å². The molecule has 0 saturated carbocycles. The van der Waals surface area contributed by atoms with Gasteiger partial charge in [0.15, 0.2) is 0 Å². The van der Waals surface area contributed by atoms with Gasteiger partial charge in [0.05, 0.1) is 24.9 Å². The van der Waals surface area contributed by atoms with Gasteiger partial charge in [-0.2, -0.15) is 0 Å². The Morgan fingerprint density at radius 1 is 1.15 bits per heavy atom. The number of aromatic nitrogens is 1. The van der Waals surface area contributed by atoms with Crippen molar-refractivity contribution in [3.63, 3.8) is 0 Å². The van der Waals surface area contributed by atoms with E-state index in [2.05, 4.69) is 22.1 Å². The summed E-state index contributed by atoms with van der Waals surface area (Å²) in [6, 6.07) is 10.5. The Balaban J connectivity index is 2.11. The van der Waals surface area contributed by atoms with E-state index in [9.17, 15) is 9.59 Å². The second kappa shape index (κ2) is 8.86. The zero-order valence-electron chi connectivity index (χ0n) is 15.8. The number of esters is 1. The van der Waals surface area contributed by atoms with E-state index in [4.69, 9.17) is 9.47 Å². The molecule has 0 spiro atoms. The maximum Gasteiger partial charge on any atom is 0.407 e. The van der Waals surface area contributed by atoms with E-state index in [0.717, 1.165) is 0 Å². The molecule has 1 amide bonds. The van der Waals surface area contributed by atoms with Crippen LogP contribution in [0.1, 0.15) is 48.0 Å². The van der Waals surface area contributed by atoms with Gasteiger partial charge < -0.3 is 14.8 Å². The van der Waals surface area contributed by atoms with Crippen LogP contribution in [0.4, 0.5) is 4.79 Å². The monoisotopic (exact) mass is 366 g/mol. The molecule has 0 aliphatic carbocycles. The molecule has 2 aromatic rings. The van der Waals surface area contributed by atoms with Crippen molar-refractivity contribution in [3.8, 4) is 11.8 Å². The summed E-state index contributed by atoms with van der Waals surface area (Å²) < 4.78 is 9.96. The molecule has 1 aromatic carbocycles.